The first kappa shape index (κ1) is 18.3. The lowest BCUT2D eigenvalue weighted by atomic mass is 10.0. The number of aryl methyl sites for hydroxylation is 1. The van der Waals surface area contributed by atoms with Gasteiger partial charge >= 0.3 is 0 Å². The highest BCUT2D eigenvalue weighted by atomic mass is 32.2. The van der Waals surface area contributed by atoms with Crippen molar-refractivity contribution in [1.29, 1.82) is 0 Å². The summed E-state index contributed by atoms with van der Waals surface area (Å²) in [6, 6.07) is 22.9. The molecule has 0 unspecified atom stereocenters. The van der Waals surface area contributed by atoms with E-state index in [4.69, 9.17) is 4.42 Å². The molecule has 0 radical (unpaired) electrons. The van der Waals surface area contributed by atoms with Gasteiger partial charge in [0.15, 0.2) is 11.0 Å². The van der Waals surface area contributed by atoms with Gasteiger partial charge in [0, 0.05) is 6.54 Å². The van der Waals surface area contributed by atoms with Crippen molar-refractivity contribution in [3.05, 3.63) is 103 Å². The number of thioether (sulfide) groups is 1. The molecule has 0 aliphatic carbocycles. The minimum atomic E-state index is 0.119. The molecule has 0 bridgehead atoms. The Morgan fingerprint density at radius 2 is 1.64 bits per heavy atom. The maximum absolute atomic E-state index is 5.47. The summed E-state index contributed by atoms with van der Waals surface area (Å²) in [6.07, 6.45) is 3.55. The first-order valence-electron chi connectivity index (χ1n) is 9.13. The van der Waals surface area contributed by atoms with Crippen LogP contribution in [0.25, 0.3) is 11.4 Å². The quantitative estimate of drug-likeness (QED) is 0.292. The van der Waals surface area contributed by atoms with Gasteiger partial charge in [-0.3, -0.25) is 4.57 Å². The summed E-state index contributed by atoms with van der Waals surface area (Å²) in [4.78, 5) is 0. The fraction of sp³-hybridized carbons (Fsp3) is 0.130. The van der Waals surface area contributed by atoms with E-state index in [1.807, 2.05) is 31.2 Å². The molecule has 0 spiro atoms. The van der Waals surface area contributed by atoms with Gasteiger partial charge in [-0.2, -0.15) is 0 Å². The van der Waals surface area contributed by atoms with Crippen LogP contribution < -0.4 is 0 Å². The van der Waals surface area contributed by atoms with E-state index in [2.05, 4.69) is 69.9 Å². The van der Waals surface area contributed by atoms with E-state index < -0.39 is 0 Å². The second-order valence-electron chi connectivity index (χ2n) is 6.42. The zero-order chi connectivity index (χ0) is 19.3. The van der Waals surface area contributed by atoms with Crippen LogP contribution in [-0.2, 0) is 6.54 Å². The standard InChI is InChI=1S/C23H21N3OS/c1-3-15-26-22(20-14-16-27-17(20)2)24-25-23(26)28-21(18-10-6-4-7-11-18)19-12-8-5-9-13-19/h3-14,16,21H,1,15H2,2H3. The lowest BCUT2D eigenvalue weighted by molar-refractivity contribution is 0.534. The number of hydrogen-bond acceptors (Lipinski definition) is 4. The summed E-state index contributed by atoms with van der Waals surface area (Å²) in [7, 11) is 0. The lowest BCUT2D eigenvalue weighted by Crippen LogP contribution is -2.03. The molecule has 5 heteroatoms. The molecule has 0 fully saturated rings. The van der Waals surface area contributed by atoms with Crippen molar-refractivity contribution in [2.45, 2.75) is 23.9 Å². The largest absolute Gasteiger partial charge is 0.469 e. The molecule has 0 aliphatic heterocycles. The topological polar surface area (TPSA) is 43.9 Å². The Kier molecular flexibility index (Phi) is 5.44. The first-order chi connectivity index (χ1) is 13.8. The van der Waals surface area contributed by atoms with Crippen LogP contribution in [0.4, 0.5) is 0 Å². The Balaban J connectivity index is 1.76. The van der Waals surface area contributed by atoms with Gasteiger partial charge in [-0.1, -0.05) is 78.5 Å². The molecular weight excluding hydrogens is 366 g/mol. The van der Waals surface area contributed by atoms with Crippen molar-refractivity contribution in [3.8, 4) is 11.4 Å². The Morgan fingerprint density at radius 1 is 1.00 bits per heavy atom. The molecular formula is C23H21N3OS. The SMILES string of the molecule is C=CCn1c(SC(c2ccccc2)c2ccccc2)nnc1-c1ccoc1C. The predicted molar refractivity (Wildman–Crippen MR) is 113 cm³/mol. The fourth-order valence-electron chi connectivity index (χ4n) is 3.18. The van der Waals surface area contributed by atoms with Crippen LogP contribution in [-0.4, -0.2) is 14.8 Å². The van der Waals surface area contributed by atoms with Gasteiger partial charge in [-0.25, -0.2) is 0 Å². The van der Waals surface area contributed by atoms with E-state index in [9.17, 15) is 0 Å². The smallest absolute Gasteiger partial charge is 0.192 e. The first-order valence-corrected chi connectivity index (χ1v) is 10.0. The van der Waals surface area contributed by atoms with Gasteiger partial charge in [0.2, 0.25) is 0 Å². The average Bonchev–Trinajstić information content (AvgIpc) is 3.33. The minimum absolute atomic E-state index is 0.119. The second-order valence-corrected chi connectivity index (χ2v) is 7.49. The molecule has 140 valence electrons. The molecule has 28 heavy (non-hydrogen) atoms. The van der Waals surface area contributed by atoms with E-state index in [1.165, 1.54) is 11.1 Å². The molecule has 0 atom stereocenters. The zero-order valence-corrected chi connectivity index (χ0v) is 16.5. The summed E-state index contributed by atoms with van der Waals surface area (Å²) in [6.45, 7) is 6.47. The molecule has 4 rings (SSSR count). The predicted octanol–water partition coefficient (Wildman–Crippen LogP) is 5.91. The molecule has 4 aromatic rings. The monoisotopic (exact) mass is 387 g/mol. The number of hydrogen-bond donors (Lipinski definition) is 0. The van der Waals surface area contributed by atoms with E-state index in [0.717, 1.165) is 22.3 Å². The number of allylic oxidation sites excluding steroid dienone is 1. The van der Waals surface area contributed by atoms with Crippen LogP contribution in [0.3, 0.4) is 0 Å². The van der Waals surface area contributed by atoms with E-state index in [-0.39, 0.29) is 5.25 Å². The number of nitrogens with zero attached hydrogens (tertiary/aromatic N) is 3. The third-order valence-electron chi connectivity index (χ3n) is 4.56. The van der Waals surface area contributed by atoms with Crippen molar-refractivity contribution < 1.29 is 4.42 Å². The number of benzene rings is 2. The second kappa shape index (κ2) is 8.31. The van der Waals surface area contributed by atoms with Gasteiger partial charge < -0.3 is 4.42 Å². The van der Waals surface area contributed by atoms with Gasteiger partial charge in [-0.15, -0.1) is 16.8 Å². The summed E-state index contributed by atoms with van der Waals surface area (Å²) < 4.78 is 7.56. The van der Waals surface area contributed by atoms with Crippen LogP contribution in [0, 0.1) is 6.92 Å². The van der Waals surface area contributed by atoms with E-state index >= 15 is 0 Å². The van der Waals surface area contributed by atoms with Crippen LogP contribution in [0.5, 0.6) is 0 Å². The highest BCUT2D eigenvalue weighted by molar-refractivity contribution is 7.99. The average molecular weight is 388 g/mol. The zero-order valence-electron chi connectivity index (χ0n) is 15.7. The number of furan rings is 1. The van der Waals surface area contributed by atoms with Gasteiger partial charge in [0.25, 0.3) is 0 Å². The maximum atomic E-state index is 5.47. The minimum Gasteiger partial charge on any atom is -0.469 e. The highest BCUT2D eigenvalue weighted by Crippen LogP contribution is 2.40. The van der Waals surface area contributed by atoms with Gasteiger partial charge in [-0.05, 0) is 24.1 Å². The summed E-state index contributed by atoms with van der Waals surface area (Å²) in [5.74, 6) is 1.63. The van der Waals surface area contributed by atoms with Gasteiger partial charge in [0.05, 0.1) is 17.1 Å². The summed E-state index contributed by atoms with van der Waals surface area (Å²) in [5.41, 5.74) is 3.41. The Hall–Kier alpha value is -3.05. The normalized spacial score (nSPS) is 11.1. The molecule has 2 aromatic carbocycles. The van der Waals surface area contributed by atoms with Crippen LogP contribution in [0.2, 0.25) is 0 Å². The van der Waals surface area contributed by atoms with Crippen molar-refractivity contribution >= 4 is 11.8 Å². The molecule has 2 aromatic heterocycles. The molecule has 0 saturated heterocycles. The molecule has 0 saturated carbocycles. The lowest BCUT2D eigenvalue weighted by Gasteiger charge is -2.17. The van der Waals surface area contributed by atoms with E-state index in [0.29, 0.717) is 6.54 Å². The van der Waals surface area contributed by atoms with Gasteiger partial charge in [0.1, 0.15) is 5.76 Å². The van der Waals surface area contributed by atoms with Crippen LogP contribution in [0.1, 0.15) is 22.1 Å². The van der Waals surface area contributed by atoms with Crippen molar-refractivity contribution in [2.75, 3.05) is 0 Å². The molecule has 2 heterocycles. The van der Waals surface area contributed by atoms with E-state index in [1.54, 1.807) is 18.0 Å². The maximum Gasteiger partial charge on any atom is 0.192 e. The molecule has 0 N–H and O–H groups in total. The van der Waals surface area contributed by atoms with Crippen molar-refractivity contribution in [3.63, 3.8) is 0 Å². The molecule has 0 aliphatic rings. The highest BCUT2D eigenvalue weighted by Gasteiger charge is 2.22. The Morgan fingerprint density at radius 3 is 2.18 bits per heavy atom. The third kappa shape index (κ3) is 3.66. The summed E-state index contributed by atoms with van der Waals surface area (Å²) in [5, 5.41) is 9.95. The Labute approximate surface area is 168 Å². The number of aromatic nitrogens is 3. The third-order valence-corrected chi connectivity index (χ3v) is 5.85. The number of rotatable bonds is 7. The van der Waals surface area contributed by atoms with Crippen molar-refractivity contribution in [1.82, 2.24) is 14.8 Å². The summed E-state index contributed by atoms with van der Waals surface area (Å²) >= 11 is 1.70. The Bertz CT molecular complexity index is 1010. The van der Waals surface area contributed by atoms with Crippen molar-refractivity contribution in [2.24, 2.45) is 0 Å². The van der Waals surface area contributed by atoms with Crippen LogP contribution >= 0.6 is 11.8 Å². The molecule has 0 amide bonds. The molecule has 4 nitrogen and oxygen atoms in total. The fourth-order valence-corrected chi connectivity index (χ4v) is 4.35. The van der Waals surface area contributed by atoms with Crippen LogP contribution in [0.15, 0.2) is 95.2 Å².